The predicted octanol–water partition coefficient (Wildman–Crippen LogP) is 2.23. The molecule has 1 unspecified atom stereocenters. The minimum absolute atomic E-state index is 0.0298. The SMILES string of the molecule is COC(C(=O)NC(C)(C)c1ncc(C)s1)C1CC1. The van der Waals surface area contributed by atoms with E-state index in [0.717, 1.165) is 22.7 Å². The molecule has 2 rings (SSSR count). The van der Waals surface area contributed by atoms with Crippen molar-refractivity contribution in [3.8, 4) is 0 Å². The zero-order valence-electron chi connectivity index (χ0n) is 11.3. The molecule has 0 aromatic carbocycles. The van der Waals surface area contributed by atoms with Gasteiger partial charge in [-0.15, -0.1) is 11.3 Å². The lowest BCUT2D eigenvalue weighted by Crippen LogP contribution is -2.47. The van der Waals surface area contributed by atoms with Crippen molar-refractivity contribution in [1.82, 2.24) is 10.3 Å². The molecule has 1 aliphatic rings. The van der Waals surface area contributed by atoms with Crippen molar-refractivity contribution in [3.63, 3.8) is 0 Å². The Balaban J connectivity index is 2.05. The van der Waals surface area contributed by atoms with Gasteiger partial charge in [0.05, 0.1) is 5.54 Å². The van der Waals surface area contributed by atoms with Crippen LogP contribution in [0.5, 0.6) is 0 Å². The Morgan fingerprint density at radius 1 is 1.61 bits per heavy atom. The highest BCUT2D eigenvalue weighted by atomic mass is 32.1. The molecule has 1 heterocycles. The molecule has 0 bridgehead atoms. The van der Waals surface area contributed by atoms with E-state index in [1.54, 1.807) is 18.4 Å². The van der Waals surface area contributed by atoms with E-state index in [1.165, 1.54) is 0 Å². The van der Waals surface area contributed by atoms with Crippen LogP contribution in [-0.4, -0.2) is 24.1 Å². The first-order valence-corrected chi connectivity index (χ1v) is 7.03. The lowest BCUT2D eigenvalue weighted by atomic mass is 10.1. The highest BCUT2D eigenvalue weighted by Gasteiger charge is 2.38. The third-order valence-electron chi connectivity index (χ3n) is 3.15. The number of amides is 1. The van der Waals surface area contributed by atoms with Gasteiger partial charge in [0, 0.05) is 18.2 Å². The lowest BCUT2D eigenvalue weighted by molar-refractivity contribution is -0.134. The zero-order chi connectivity index (χ0) is 13.3. The normalized spacial score (nSPS) is 17.6. The molecule has 0 aliphatic heterocycles. The maximum absolute atomic E-state index is 12.2. The number of nitrogens with one attached hydrogen (secondary N) is 1. The molecule has 1 aromatic rings. The monoisotopic (exact) mass is 268 g/mol. The molecule has 4 nitrogen and oxygen atoms in total. The maximum Gasteiger partial charge on any atom is 0.250 e. The molecule has 1 aromatic heterocycles. The first-order valence-electron chi connectivity index (χ1n) is 6.22. The van der Waals surface area contributed by atoms with Crippen LogP contribution < -0.4 is 5.32 Å². The molecular weight excluding hydrogens is 248 g/mol. The summed E-state index contributed by atoms with van der Waals surface area (Å²) in [6.45, 7) is 5.97. The Labute approximate surface area is 112 Å². The average molecular weight is 268 g/mol. The highest BCUT2D eigenvalue weighted by molar-refractivity contribution is 7.11. The summed E-state index contributed by atoms with van der Waals surface area (Å²) < 4.78 is 5.29. The summed E-state index contributed by atoms with van der Waals surface area (Å²) in [7, 11) is 1.60. The first kappa shape index (κ1) is 13.5. The number of carbonyl (C=O) groups is 1. The third-order valence-corrected chi connectivity index (χ3v) is 4.39. The average Bonchev–Trinajstić information content (AvgIpc) is 3.00. The van der Waals surface area contributed by atoms with Gasteiger partial charge in [-0.05, 0) is 39.5 Å². The van der Waals surface area contributed by atoms with Gasteiger partial charge in [0.15, 0.2) is 0 Å². The van der Waals surface area contributed by atoms with E-state index in [4.69, 9.17) is 4.74 Å². The number of rotatable bonds is 5. The fourth-order valence-electron chi connectivity index (χ4n) is 1.99. The van der Waals surface area contributed by atoms with E-state index in [2.05, 4.69) is 10.3 Å². The van der Waals surface area contributed by atoms with Crippen LogP contribution in [0.15, 0.2) is 6.20 Å². The maximum atomic E-state index is 12.2. The predicted molar refractivity (Wildman–Crippen MR) is 71.5 cm³/mol. The molecule has 18 heavy (non-hydrogen) atoms. The Bertz CT molecular complexity index is 438. The number of methoxy groups -OCH3 is 1. The van der Waals surface area contributed by atoms with Gasteiger partial charge in [-0.3, -0.25) is 4.79 Å². The quantitative estimate of drug-likeness (QED) is 0.891. The third kappa shape index (κ3) is 2.90. The van der Waals surface area contributed by atoms with Crippen LogP contribution in [0.25, 0.3) is 0 Å². The fraction of sp³-hybridized carbons (Fsp3) is 0.692. The minimum atomic E-state index is -0.443. The molecule has 5 heteroatoms. The summed E-state index contributed by atoms with van der Waals surface area (Å²) in [6.07, 6.45) is 3.69. The molecule has 0 saturated heterocycles. The van der Waals surface area contributed by atoms with Gasteiger partial charge < -0.3 is 10.1 Å². The van der Waals surface area contributed by atoms with Gasteiger partial charge >= 0.3 is 0 Å². The van der Waals surface area contributed by atoms with E-state index in [9.17, 15) is 4.79 Å². The van der Waals surface area contributed by atoms with Gasteiger partial charge in [0.25, 0.3) is 0 Å². The van der Waals surface area contributed by atoms with Crippen molar-refractivity contribution in [2.24, 2.45) is 5.92 Å². The summed E-state index contributed by atoms with van der Waals surface area (Å²) in [5.41, 5.74) is -0.443. The first-order chi connectivity index (χ1) is 8.44. The van der Waals surface area contributed by atoms with Crippen molar-refractivity contribution in [2.45, 2.75) is 45.3 Å². The highest BCUT2D eigenvalue weighted by Crippen LogP contribution is 2.35. The molecule has 1 atom stereocenters. The summed E-state index contributed by atoms with van der Waals surface area (Å²) >= 11 is 1.61. The molecular formula is C13H20N2O2S. The molecule has 1 fully saturated rings. The van der Waals surface area contributed by atoms with Gasteiger partial charge in [-0.25, -0.2) is 4.98 Å². The molecule has 1 N–H and O–H groups in total. The van der Waals surface area contributed by atoms with E-state index in [-0.39, 0.29) is 12.0 Å². The van der Waals surface area contributed by atoms with E-state index >= 15 is 0 Å². The van der Waals surface area contributed by atoms with Gasteiger partial charge in [0.2, 0.25) is 5.91 Å². The molecule has 1 amide bonds. The molecule has 0 radical (unpaired) electrons. The number of aromatic nitrogens is 1. The molecule has 1 saturated carbocycles. The second kappa shape index (κ2) is 4.97. The smallest absolute Gasteiger partial charge is 0.250 e. The number of hydrogen-bond donors (Lipinski definition) is 1. The second-order valence-corrected chi connectivity index (χ2v) is 6.62. The standard InChI is InChI=1S/C13H20N2O2S/c1-8-7-14-12(18-8)13(2,3)15-11(16)10(17-4)9-5-6-9/h7,9-10H,5-6H2,1-4H3,(H,15,16). The summed E-state index contributed by atoms with van der Waals surface area (Å²) in [6, 6.07) is 0. The number of nitrogens with zero attached hydrogens (tertiary/aromatic N) is 1. The van der Waals surface area contributed by atoms with Gasteiger partial charge in [-0.2, -0.15) is 0 Å². The Morgan fingerprint density at radius 2 is 2.28 bits per heavy atom. The zero-order valence-corrected chi connectivity index (χ0v) is 12.1. The van der Waals surface area contributed by atoms with Crippen molar-refractivity contribution in [2.75, 3.05) is 7.11 Å². The van der Waals surface area contributed by atoms with Crippen molar-refractivity contribution in [1.29, 1.82) is 0 Å². The molecule has 0 spiro atoms. The molecule has 1 aliphatic carbocycles. The summed E-state index contributed by atoms with van der Waals surface area (Å²) in [4.78, 5) is 17.7. The second-order valence-electron chi connectivity index (χ2n) is 5.38. The number of thiazole rings is 1. The number of ether oxygens (including phenoxy) is 1. The van der Waals surface area contributed by atoms with Gasteiger partial charge in [-0.1, -0.05) is 0 Å². The number of carbonyl (C=O) groups excluding carboxylic acids is 1. The molecule has 100 valence electrons. The number of hydrogen-bond acceptors (Lipinski definition) is 4. The van der Waals surface area contributed by atoms with E-state index in [1.807, 2.05) is 27.0 Å². The fourth-order valence-corrected chi connectivity index (χ4v) is 2.81. The van der Waals surface area contributed by atoms with Crippen LogP contribution in [0.3, 0.4) is 0 Å². The largest absolute Gasteiger partial charge is 0.371 e. The Kier molecular flexibility index (Phi) is 3.73. The summed E-state index contributed by atoms with van der Waals surface area (Å²) in [5, 5.41) is 3.97. The number of aryl methyl sites for hydroxylation is 1. The summed E-state index contributed by atoms with van der Waals surface area (Å²) in [5.74, 6) is 0.363. The van der Waals surface area contributed by atoms with Crippen molar-refractivity contribution < 1.29 is 9.53 Å². The topological polar surface area (TPSA) is 51.2 Å². The van der Waals surface area contributed by atoms with E-state index in [0.29, 0.717) is 5.92 Å². The Morgan fingerprint density at radius 3 is 2.72 bits per heavy atom. The Hall–Kier alpha value is -0.940. The lowest BCUT2D eigenvalue weighted by Gasteiger charge is -2.26. The minimum Gasteiger partial charge on any atom is -0.371 e. The van der Waals surface area contributed by atoms with Crippen LogP contribution in [0, 0.1) is 12.8 Å². The van der Waals surface area contributed by atoms with Crippen LogP contribution >= 0.6 is 11.3 Å². The van der Waals surface area contributed by atoms with E-state index < -0.39 is 5.54 Å². The van der Waals surface area contributed by atoms with Crippen LogP contribution in [0.1, 0.15) is 36.6 Å². The van der Waals surface area contributed by atoms with Crippen molar-refractivity contribution in [3.05, 3.63) is 16.1 Å². The van der Waals surface area contributed by atoms with Crippen molar-refractivity contribution >= 4 is 17.2 Å². The van der Waals surface area contributed by atoms with Gasteiger partial charge in [0.1, 0.15) is 11.1 Å². The van der Waals surface area contributed by atoms with Crippen LogP contribution in [0.2, 0.25) is 0 Å². The van der Waals surface area contributed by atoms with Crippen LogP contribution in [-0.2, 0) is 15.1 Å². The van der Waals surface area contributed by atoms with Crippen LogP contribution in [0.4, 0.5) is 0 Å².